The highest BCUT2D eigenvalue weighted by Gasteiger charge is 2.06. The number of aromatic nitrogens is 3. The molecule has 3 N–H and O–H groups in total. The fourth-order valence-electron chi connectivity index (χ4n) is 2.71. The van der Waals surface area contributed by atoms with E-state index in [4.69, 9.17) is 0 Å². The van der Waals surface area contributed by atoms with E-state index < -0.39 is 0 Å². The zero-order valence-corrected chi connectivity index (χ0v) is 15.7. The number of rotatable bonds is 6. The second-order valence-electron chi connectivity index (χ2n) is 5.90. The van der Waals surface area contributed by atoms with E-state index in [2.05, 4.69) is 36.6 Å². The Morgan fingerprint density at radius 2 is 2.04 bits per heavy atom. The topological polar surface area (TPSA) is 78.0 Å². The van der Waals surface area contributed by atoms with Gasteiger partial charge in [-0.25, -0.2) is 9.97 Å². The summed E-state index contributed by atoms with van der Waals surface area (Å²) in [5.41, 5.74) is 3.21. The molecule has 7 heteroatoms. The number of para-hydroxylation sites is 2. The van der Waals surface area contributed by atoms with Crippen molar-refractivity contribution in [2.24, 2.45) is 4.99 Å². The normalized spacial score (nSPS) is 11.9. The molecule has 3 aromatic rings. The van der Waals surface area contributed by atoms with Crippen molar-refractivity contribution in [3.05, 3.63) is 45.7 Å². The van der Waals surface area contributed by atoms with E-state index in [1.165, 1.54) is 4.88 Å². The molecule has 0 aliphatic heterocycles. The maximum absolute atomic E-state index is 4.60. The Balaban J connectivity index is 1.43. The van der Waals surface area contributed by atoms with Gasteiger partial charge in [0.25, 0.3) is 0 Å². The van der Waals surface area contributed by atoms with Crippen LogP contribution in [0.15, 0.2) is 29.3 Å². The van der Waals surface area contributed by atoms with Crippen LogP contribution in [0.1, 0.15) is 27.8 Å². The number of imidazole rings is 1. The van der Waals surface area contributed by atoms with Crippen molar-refractivity contribution in [2.45, 2.75) is 33.2 Å². The molecule has 0 aliphatic carbocycles. The van der Waals surface area contributed by atoms with Gasteiger partial charge in [0.15, 0.2) is 5.96 Å². The van der Waals surface area contributed by atoms with Crippen molar-refractivity contribution < 1.29 is 0 Å². The van der Waals surface area contributed by atoms with E-state index in [9.17, 15) is 0 Å². The average molecular weight is 356 g/mol. The SMILES string of the molecule is CN=C(NCCCc1nc2ccccc2[nH]1)NCc1sc(C)nc1C. The molecule has 0 atom stereocenters. The monoisotopic (exact) mass is 356 g/mol. The molecule has 3 rings (SSSR count). The Hall–Kier alpha value is -2.41. The van der Waals surface area contributed by atoms with Crippen LogP contribution < -0.4 is 10.6 Å². The fraction of sp³-hybridized carbons (Fsp3) is 0.389. The number of benzene rings is 1. The van der Waals surface area contributed by atoms with Crippen molar-refractivity contribution in [3.8, 4) is 0 Å². The first-order valence-corrected chi connectivity index (χ1v) is 9.28. The first kappa shape index (κ1) is 17.4. The highest BCUT2D eigenvalue weighted by molar-refractivity contribution is 7.11. The summed E-state index contributed by atoms with van der Waals surface area (Å²) in [6.45, 7) is 5.67. The lowest BCUT2D eigenvalue weighted by Crippen LogP contribution is -2.37. The van der Waals surface area contributed by atoms with Gasteiger partial charge in [0, 0.05) is 24.9 Å². The van der Waals surface area contributed by atoms with Crippen molar-refractivity contribution >= 4 is 28.3 Å². The largest absolute Gasteiger partial charge is 0.356 e. The van der Waals surface area contributed by atoms with Crippen LogP contribution >= 0.6 is 11.3 Å². The smallest absolute Gasteiger partial charge is 0.191 e. The third kappa shape index (κ3) is 4.57. The van der Waals surface area contributed by atoms with Gasteiger partial charge in [-0.2, -0.15) is 0 Å². The lowest BCUT2D eigenvalue weighted by Gasteiger charge is -2.11. The molecule has 0 aliphatic rings. The third-order valence-electron chi connectivity index (χ3n) is 3.96. The molecule has 0 spiro atoms. The fourth-order valence-corrected chi connectivity index (χ4v) is 3.59. The minimum absolute atomic E-state index is 0.751. The summed E-state index contributed by atoms with van der Waals surface area (Å²) < 4.78 is 0. The van der Waals surface area contributed by atoms with Crippen LogP contribution in [-0.4, -0.2) is 34.5 Å². The van der Waals surface area contributed by atoms with Gasteiger partial charge in [0.1, 0.15) is 5.82 Å². The zero-order chi connectivity index (χ0) is 17.6. The maximum Gasteiger partial charge on any atom is 0.191 e. The summed E-state index contributed by atoms with van der Waals surface area (Å²) in [6.07, 6.45) is 1.89. The van der Waals surface area contributed by atoms with Crippen LogP contribution in [0.3, 0.4) is 0 Å². The lowest BCUT2D eigenvalue weighted by molar-refractivity contribution is 0.727. The average Bonchev–Trinajstić information content (AvgIpc) is 3.16. The Bertz CT molecular complexity index is 830. The van der Waals surface area contributed by atoms with Crippen LogP contribution in [0.25, 0.3) is 11.0 Å². The Morgan fingerprint density at radius 1 is 1.20 bits per heavy atom. The first-order valence-electron chi connectivity index (χ1n) is 8.47. The summed E-state index contributed by atoms with van der Waals surface area (Å²) in [6, 6.07) is 8.12. The predicted molar refractivity (Wildman–Crippen MR) is 104 cm³/mol. The molecule has 0 unspecified atom stereocenters. The predicted octanol–water partition coefficient (Wildman–Crippen LogP) is 2.93. The standard InChI is InChI=1S/C18H24N6S/c1-12-16(25-13(2)22-12)11-21-18(19-3)20-10-6-9-17-23-14-7-4-5-8-15(14)24-17/h4-5,7-8H,6,9-11H2,1-3H3,(H,23,24)(H2,19,20,21). The van der Waals surface area contributed by atoms with E-state index in [-0.39, 0.29) is 0 Å². The van der Waals surface area contributed by atoms with Gasteiger partial charge in [0.05, 0.1) is 28.3 Å². The molecular formula is C18H24N6S. The third-order valence-corrected chi connectivity index (χ3v) is 5.03. The number of H-pyrrole nitrogens is 1. The number of hydrogen-bond acceptors (Lipinski definition) is 4. The lowest BCUT2D eigenvalue weighted by atomic mass is 10.3. The molecule has 25 heavy (non-hydrogen) atoms. The van der Waals surface area contributed by atoms with Gasteiger partial charge < -0.3 is 15.6 Å². The van der Waals surface area contributed by atoms with Gasteiger partial charge in [0.2, 0.25) is 0 Å². The molecule has 0 saturated carbocycles. The zero-order valence-electron chi connectivity index (χ0n) is 14.9. The number of guanidine groups is 1. The number of aryl methyl sites for hydroxylation is 3. The molecular weight excluding hydrogens is 332 g/mol. The Labute approximate surface area is 151 Å². The summed E-state index contributed by atoms with van der Waals surface area (Å²) in [4.78, 5) is 17.9. The van der Waals surface area contributed by atoms with Crippen LogP contribution in [0.2, 0.25) is 0 Å². The second kappa shape index (κ2) is 8.11. The number of nitrogens with zero attached hydrogens (tertiary/aromatic N) is 3. The summed E-state index contributed by atoms with van der Waals surface area (Å²) >= 11 is 1.73. The van der Waals surface area contributed by atoms with Crippen molar-refractivity contribution in [1.29, 1.82) is 0 Å². The van der Waals surface area contributed by atoms with E-state index in [0.717, 1.165) is 59.5 Å². The highest BCUT2D eigenvalue weighted by Crippen LogP contribution is 2.16. The molecule has 1 aromatic carbocycles. The second-order valence-corrected chi connectivity index (χ2v) is 7.19. The van der Waals surface area contributed by atoms with E-state index in [0.29, 0.717) is 0 Å². The van der Waals surface area contributed by atoms with Gasteiger partial charge in [-0.15, -0.1) is 11.3 Å². The molecule has 2 aromatic heterocycles. The summed E-state index contributed by atoms with van der Waals surface area (Å²) in [7, 11) is 1.79. The maximum atomic E-state index is 4.60. The number of hydrogen-bond donors (Lipinski definition) is 3. The molecule has 2 heterocycles. The number of thiazole rings is 1. The molecule has 6 nitrogen and oxygen atoms in total. The molecule has 132 valence electrons. The number of aromatic amines is 1. The Morgan fingerprint density at radius 3 is 2.76 bits per heavy atom. The van der Waals surface area contributed by atoms with Gasteiger partial charge in [-0.1, -0.05) is 12.1 Å². The van der Waals surface area contributed by atoms with Gasteiger partial charge in [-0.3, -0.25) is 4.99 Å². The summed E-state index contributed by atoms with van der Waals surface area (Å²) in [5, 5.41) is 7.80. The molecule has 0 bridgehead atoms. The van der Waals surface area contributed by atoms with Gasteiger partial charge in [-0.05, 0) is 32.4 Å². The van der Waals surface area contributed by atoms with Crippen LogP contribution in [0.4, 0.5) is 0 Å². The molecule has 0 radical (unpaired) electrons. The number of aliphatic imine (C=N–C) groups is 1. The molecule has 0 amide bonds. The van der Waals surface area contributed by atoms with Crippen LogP contribution in [0.5, 0.6) is 0 Å². The van der Waals surface area contributed by atoms with Gasteiger partial charge >= 0.3 is 0 Å². The van der Waals surface area contributed by atoms with Crippen molar-refractivity contribution in [1.82, 2.24) is 25.6 Å². The van der Waals surface area contributed by atoms with E-state index in [1.807, 2.05) is 32.0 Å². The van der Waals surface area contributed by atoms with E-state index >= 15 is 0 Å². The quantitative estimate of drug-likeness (QED) is 0.360. The Kier molecular flexibility index (Phi) is 5.65. The van der Waals surface area contributed by atoms with E-state index in [1.54, 1.807) is 18.4 Å². The van der Waals surface area contributed by atoms with Crippen LogP contribution in [-0.2, 0) is 13.0 Å². The highest BCUT2D eigenvalue weighted by atomic mass is 32.1. The van der Waals surface area contributed by atoms with Crippen molar-refractivity contribution in [2.75, 3.05) is 13.6 Å². The van der Waals surface area contributed by atoms with Crippen molar-refractivity contribution in [3.63, 3.8) is 0 Å². The van der Waals surface area contributed by atoms with Crippen LogP contribution in [0, 0.1) is 13.8 Å². The summed E-state index contributed by atoms with van der Waals surface area (Å²) in [5.74, 6) is 1.84. The minimum atomic E-state index is 0.751. The molecule has 0 saturated heterocycles. The number of nitrogens with one attached hydrogen (secondary N) is 3. The molecule has 0 fully saturated rings. The first-order chi connectivity index (χ1) is 12.2. The minimum Gasteiger partial charge on any atom is -0.356 e. The number of fused-ring (bicyclic) bond motifs is 1.